The second kappa shape index (κ2) is 8.74. The molecule has 32 heavy (non-hydrogen) atoms. The molecule has 2 aromatic carbocycles. The molecular formula is C25H25NO6. The number of carboxylic acids is 1. The standard InChI is InChI=1S/C25H25NO6/c27-24(28)17-8-4-7-16(11-17)12-18-20-9-10-21(32-20)22(18)23-26-19(14-30-23)25(29)31-13-15-5-2-1-3-6-15/h1-8,11,18-22H,9-10,12-14H2,(H,27,28). The molecule has 5 unspecified atom stereocenters. The molecule has 3 aliphatic heterocycles. The molecular weight excluding hydrogens is 410 g/mol. The van der Waals surface area contributed by atoms with Crippen LogP contribution in [0.15, 0.2) is 59.6 Å². The van der Waals surface area contributed by atoms with Crippen LogP contribution < -0.4 is 0 Å². The van der Waals surface area contributed by atoms with Crippen molar-refractivity contribution >= 4 is 17.8 Å². The van der Waals surface area contributed by atoms with Gasteiger partial charge in [-0.15, -0.1) is 0 Å². The molecule has 0 saturated carbocycles. The van der Waals surface area contributed by atoms with Gasteiger partial charge in [0.2, 0.25) is 0 Å². The van der Waals surface area contributed by atoms with Crippen molar-refractivity contribution in [3.63, 3.8) is 0 Å². The summed E-state index contributed by atoms with van der Waals surface area (Å²) in [5, 5.41) is 9.29. The van der Waals surface area contributed by atoms with E-state index in [0.717, 1.165) is 24.0 Å². The van der Waals surface area contributed by atoms with Gasteiger partial charge in [0.15, 0.2) is 11.9 Å². The Morgan fingerprint density at radius 1 is 1.03 bits per heavy atom. The van der Waals surface area contributed by atoms with Crippen molar-refractivity contribution < 1.29 is 28.9 Å². The molecule has 0 aromatic heterocycles. The lowest BCUT2D eigenvalue weighted by atomic mass is 9.76. The number of nitrogens with zero attached hydrogens (tertiary/aromatic N) is 1. The number of hydrogen-bond donors (Lipinski definition) is 1. The molecule has 2 aromatic rings. The number of carbonyl (C=O) groups excluding carboxylic acids is 1. The van der Waals surface area contributed by atoms with E-state index in [1.807, 2.05) is 36.4 Å². The summed E-state index contributed by atoms with van der Waals surface area (Å²) in [4.78, 5) is 28.4. The molecule has 5 atom stereocenters. The minimum absolute atomic E-state index is 0.0190. The van der Waals surface area contributed by atoms with Crippen LogP contribution in [0.3, 0.4) is 0 Å². The zero-order valence-electron chi connectivity index (χ0n) is 17.6. The maximum atomic E-state index is 12.5. The van der Waals surface area contributed by atoms with Gasteiger partial charge in [-0.1, -0.05) is 42.5 Å². The van der Waals surface area contributed by atoms with Gasteiger partial charge >= 0.3 is 11.9 Å². The molecule has 7 heteroatoms. The van der Waals surface area contributed by atoms with Crippen LogP contribution in [0.25, 0.3) is 0 Å². The molecule has 5 rings (SSSR count). The van der Waals surface area contributed by atoms with E-state index in [1.54, 1.807) is 18.2 Å². The molecule has 3 heterocycles. The van der Waals surface area contributed by atoms with Gasteiger partial charge in [0, 0.05) is 5.92 Å². The van der Waals surface area contributed by atoms with Gasteiger partial charge in [-0.25, -0.2) is 14.6 Å². The average molecular weight is 435 g/mol. The highest BCUT2D eigenvalue weighted by molar-refractivity contribution is 5.88. The lowest BCUT2D eigenvalue weighted by Crippen LogP contribution is -2.35. The summed E-state index contributed by atoms with van der Waals surface area (Å²) in [6, 6.07) is 15.9. The van der Waals surface area contributed by atoms with Gasteiger partial charge in [0.05, 0.1) is 23.7 Å². The smallest absolute Gasteiger partial charge is 0.335 e. The van der Waals surface area contributed by atoms with E-state index in [2.05, 4.69) is 4.99 Å². The fraction of sp³-hybridized carbons (Fsp3) is 0.400. The largest absolute Gasteiger partial charge is 0.478 e. The Balaban J connectivity index is 1.28. The maximum Gasteiger partial charge on any atom is 0.335 e. The van der Waals surface area contributed by atoms with E-state index in [0.29, 0.717) is 12.3 Å². The third kappa shape index (κ3) is 4.12. The van der Waals surface area contributed by atoms with Crippen molar-refractivity contribution in [3.05, 3.63) is 71.3 Å². The van der Waals surface area contributed by atoms with Gasteiger partial charge in [0.25, 0.3) is 0 Å². The lowest BCUT2D eigenvalue weighted by molar-refractivity contribution is -0.146. The van der Waals surface area contributed by atoms with Crippen molar-refractivity contribution in [1.82, 2.24) is 0 Å². The predicted octanol–water partition coefficient (Wildman–Crippen LogP) is 3.26. The summed E-state index contributed by atoms with van der Waals surface area (Å²) >= 11 is 0. The van der Waals surface area contributed by atoms with E-state index < -0.39 is 18.0 Å². The first-order valence-corrected chi connectivity index (χ1v) is 11.0. The van der Waals surface area contributed by atoms with Crippen LogP contribution in [-0.4, -0.2) is 47.8 Å². The number of aromatic carboxylic acids is 1. The Bertz CT molecular complexity index is 1040. The fourth-order valence-corrected chi connectivity index (χ4v) is 5.00. The Labute approximate surface area is 186 Å². The number of rotatable bonds is 7. The average Bonchev–Trinajstić information content (AvgIpc) is 3.55. The van der Waals surface area contributed by atoms with E-state index in [9.17, 15) is 14.7 Å². The van der Waals surface area contributed by atoms with Crippen LogP contribution in [0.5, 0.6) is 0 Å². The van der Waals surface area contributed by atoms with Crippen LogP contribution in [0, 0.1) is 11.8 Å². The van der Waals surface area contributed by atoms with Gasteiger partial charge in [0.1, 0.15) is 13.2 Å². The van der Waals surface area contributed by atoms with Crippen LogP contribution in [-0.2, 0) is 32.0 Å². The summed E-state index contributed by atoms with van der Waals surface area (Å²) in [6.07, 6.45) is 2.70. The first-order chi connectivity index (χ1) is 15.6. The van der Waals surface area contributed by atoms with Crippen molar-refractivity contribution in [2.45, 2.75) is 44.1 Å². The zero-order valence-corrected chi connectivity index (χ0v) is 17.6. The molecule has 1 N–H and O–H groups in total. The highest BCUT2D eigenvalue weighted by atomic mass is 16.5. The molecule has 0 spiro atoms. The molecule has 2 fully saturated rings. The molecule has 0 radical (unpaired) electrons. The van der Waals surface area contributed by atoms with Crippen LogP contribution in [0.4, 0.5) is 0 Å². The van der Waals surface area contributed by atoms with E-state index >= 15 is 0 Å². The number of benzene rings is 2. The van der Waals surface area contributed by atoms with Crippen LogP contribution in [0.1, 0.15) is 34.3 Å². The monoisotopic (exact) mass is 435 g/mol. The molecule has 166 valence electrons. The van der Waals surface area contributed by atoms with Crippen molar-refractivity contribution in [2.24, 2.45) is 16.8 Å². The summed E-state index contributed by atoms with van der Waals surface area (Å²) in [7, 11) is 0. The van der Waals surface area contributed by atoms with E-state index in [-0.39, 0.29) is 42.8 Å². The number of aliphatic imine (C=N–C) groups is 1. The highest BCUT2D eigenvalue weighted by Gasteiger charge is 2.53. The van der Waals surface area contributed by atoms with Crippen LogP contribution >= 0.6 is 0 Å². The summed E-state index contributed by atoms with van der Waals surface area (Å²) in [5.41, 5.74) is 2.15. The molecule has 2 bridgehead atoms. The predicted molar refractivity (Wildman–Crippen MR) is 115 cm³/mol. The summed E-state index contributed by atoms with van der Waals surface area (Å²) < 4.78 is 17.5. The third-order valence-corrected chi connectivity index (χ3v) is 6.52. The van der Waals surface area contributed by atoms with Crippen molar-refractivity contribution in [1.29, 1.82) is 0 Å². The van der Waals surface area contributed by atoms with Gasteiger partial charge < -0.3 is 19.3 Å². The molecule has 3 aliphatic rings. The summed E-state index contributed by atoms with van der Waals surface area (Å²) in [5.74, 6) is -0.658. The SMILES string of the molecule is O=C(O)c1cccc(CC2C3CCC(O3)C2C2=NC(C(=O)OCc3ccccc3)CO2)c1. The first-order valence-electron chi connectivity index (χ1n) is 11.0. The Kier molecular flexibility index (Phi) is 5.66. The zero-order chi connectivity index (χ0) is 22.1. The second-order valence-electron chi connectivity index (χ2n) is 8.58. The second-order valence-corrected chi connectivity index (χ2v) is 8.58. The lowest BCUT2D eigenvalue weighted by Gasteiger charge is -2.27. The number of fused-ring (bicyclic) bond motifs is 2. The topological polar surface area (TPSA) is 94.4 Å². The van der Waals surface area contributed by atoms with E-state index in [4.69, 9.17) is 14.2 Å². The number of carbonyl (C=O) groups is 2. The fourth-order valence-electron chi connectivity index (χ4n) is 5.00. The number of carboxylic acid groups (broad SMARTS) is 1. The number of hydrogen-bond acceptors (Lipinski definition) is 6. The molecule has 0 amide bonds. The quantitative estimate of drug-likeness (QED) is 0.671. The third-order valence-electron chi connectivity index (χ3n) is 6.52. The normalized spacial score (nSPS) is 28.2. The summed E-state index contributed by atoms with van der Waals surface area (Å²) in [6.45, 7) is 0.388. The van der Waals surface area contributed by atoms with Gasteiger partial charge in [-0.2, -0.15) is 0 Å². The molecule has 7 nitrogen and oxygen atoms in total. The van der Waals surface area contributed by atoms with Crippen molar-refractivity contribution in [2.75, 3.05) is 6.61 Å². The van der Waals surface area contributed by atoms with Gasteiger partial charge in [-0.3, -0.25) is 0 Å². The Morgan fingerprint density at radius 2 is 1.81 bits per heavy atom. The Hall–Kier alpha value is -3.19. The van der Waals surface area contributed by atoms with Crippen LogP contribution in [0.2, 0.25) is 0 Å². The number of esters is 1. The van der Waals surface area contributed by atoms with Crippen molar-refractivity contribution in [3.8, 4) is 0 Å². The molecule has 2 saturated heterocycles. The first kappa shape index (κ1) is 20.7. The minimum Gasteiger partial charge on any atom is -0.478 e. The minimum atomic E-state index is -0.937. The Morgan fingerprint density at radius 3 is 2.62 bits per heavy atom. The van der Waals surface area contributed by atoms with Gasteiger partial charge in [-0.05, 0) is 42.5 Å². The molecule has 0 aliphatic carbocycles. The maximum absolute atomic E-state index is 12.5. The van der Waals surface area contributed by atoms with E-state index in [1.165, 1.54) is 0 Å². The number of ether oxygens (including phenoxy) is 3. The highest BCUT2D eigenvalue weighted by Crippen LogP contribution is 2.46.